The number of carbonyl (C=O) groups is 2. The lowest BCUT2D eigenvalue weighted by Gasteiger charge is -2.20. The van der Waals surface area contributed by atoms with Crippen LogP contribution in [-0.2, 0) is 10.2 Å². The second-order valence-electron chi connectivity index (χ2n) is 9.68. The molecule has 0 bridgehead atoms. The van der Waals surface area contributed by atoms with Gasteiger partial charge in [-0.05, 0) is 54.0 Å². The summed E-state index contributed by atoms with van der Waals surface area (Å²) in [5.74, 6) is 0.828. The molecule has 0 saturated heterocycles. The third-order valence-corrected chi connectivity index (χ3v) is 6.18. The molecule has 1 aliphatic heterocycles. The van der Waals surface area contributed by atoms with Crippen LogP contribution in [0.5, 0.6) is 11.5 Å². The Balaban J connectivity index is 1.53. The fourth-order valence-electron chi connectivity index (χ4n) is 4.30. The lowest BCUT2D eigenvalue weighted by atomic mass is 9.86. The van der Waals surface area contributed by atoms with Crippen LogP contribution in [0, 0.1) is 12.8 Å². The minimum absolute atomic E-state index is 0.0311. The molecule has 0 unspecified atom stereocenters. The molecule has 4 heteroatoms. The van der Waals surface area contributed by atoms with Gasteiger partial charge in [-0.1, -0.05) is 64.3 Å². The first kappa shape index (κ1) is 21.4. The van der Waals surface area contributed by atoms with Crippen molar-refractivity contribution in [1.82, 2.24) is 0 Å². The Kier molecular flexibility index (Phi) is 5.74. The predicted octanol–water partition coefficient (Wildman–Crippen LogP) is 6.39. The molecule has 2 aliphatic rings. The van der Waals surface area contributed by atoms with E-state index in [0.717, 1.165) is 36.8 Å². The summed E-state index contributed by atoms with van der Waals surface area (Å²) in [4.78, 5) is 25.4. The van der Waals surface area contributed by atoms with Crippen LogP contribution in [0.2, 0.25) is 0 Å². The number of ether oxygens (including phenoxy) is 2. The van der Waals surface area contributed by atoms with Crippen LogP contribution in [0.15, 0.2) is 42.2 Å². The number of carbonyl (C=O) groups excluding carboxylic acids is 2. The highest BCUT2D eigenvalue weighted by molar-refractivity contribution is 6.15. The van der Waals surface area contributed by atoms with Crippen LogP contribution in [0.1, 0.15) is 79.9 Å². The van der Waals surface area contributed by atoms with Gasteiger partial charge in [-0.3, -0.25) is 9.59 Å². The molecule has 31 heavy (non-hydrogen) atoms. The molecule has 0 radical (unpaired) electrons. The van der Waals surface area contributed by atoms with E-state index in [0.29, 0.717) is 17.1 Å². The number of hydrogen-bond donors (Lipinski definition) is 0. The van der Waals surface area contributed by atoms with E-state index in [9.17, 15) is 9.59 Å². The summed E-state index contributed by atoms with van der Waals surface area (Å²) in [6.45, 7) is 8.35. The van der Waals surface area contributed by atoms with Gasteiger partial charge in [0.15, 0.2) is 5.76 Å². The molecule has 0 amide bonds. The Morgan fingerprint density at radius 1 is 1.06 bits per heavy atom. The van der Waals surface area contributed by atoms with Gasteiger partial charge in [0.2, 0.25) is 5.78 Å². The third-order valence-electron chi connectivity index (χ3n) is 6.18. The number of allylic oxidation sites excluding steroid dienone is 1. The topological polar surface area (TPSA) is 52.6 Å². The van der Waals surface area contributed by atoms with Crippen molar-refractivity contribution >= 4 is 17.8 Å². The van der Waals surface area contributed by atoms with Gasteiger partial charge in [-0.15, -0.1) is 0 Å². The first-order chi connectivity index (χ1) is 14.7. The Morgan fingerprint density at radius 3 is 2.39 bits per heavy atom. The zero-order valence-corrected chi connectivity index (χ0v) is 18.8. The number of hydrogen-bond acceptors (Lipinski definition) is 4. The quantitative estimate of drug-likeness (QED) is 0.329. The first-order valence-electron chi connectivity index (χ1n) is 11.1. The van der Waals surface area contributed by atoms with Gasteiger partial charge in [0.1, 0.15) is 11.5 Å². The van der Waals surface area contributed by atoms with Gasteiger partial charge in [-0.2, -0.15) is 0 Å². The second-order valence-corrected chi connectivity index (χ2v) is 9.68. The molecule has 0 N–H and O–H groups in total. The largest absolute Gasteiger partial charge is 0.452 e. The molecule has 0 atom stereocenters. The summed E-state index contributed by atoms with van der Waals surface area (Å²) >= 11 is 0. The zero-order chi connectivity index (χ0) is 22.2. The van der Waals surface area contributed by atoms with Gasteiger partial charge in [0.05, 0.1) is 11.5 Å². The van der Waals surface area contributed by atoms with Crippen LogP contribution in [0.4, 0.5) is 0 Å². The fourth-order valence-corrected chi connectivity index (χ4v) is 4.30. The number of benzene rings is 2. The molecule has 162 valence electrons. The summed E-state index contributed by atoms with van der Waals surface area (Å²) < 4.78 is 11.5. The number of fused-ring (bicyclic) bond motifs is 1. The summed E-state index contributed by atoms with van der Waals surface area (Å²) in [5, 5.41) is 0. The van der Waals surface area contributed by atoms with E-state index >= 15 is 0 Å². The summed E-state index contributed by atoms with van der Waals surface area (Å²) in [7, 11) is 0. The normalized spacial score (nSPS) is 18.1. The predicted molar refractivity (Wildman–Crippen MR) is 121 cm³/mol. The third kappa shape index (κ3) is 4.58. The number of aryl methyl sites for hydroxylation is 1. The molecule has 1 fully saturated rings. The highest BCUT2D eigenvalue weighted by atomic mass is 16.5. The van der Waals surface area contributed by atoms with E-state index in [4.69, 9.17) is 9.47 Å². The second kappa shape index (κ2) is 8.33. The van der Waals surface area contributed by atoms with E-state index in [2.05, 4.69) is 32.9 Å². The van der Waals surface area contributed by atoms with Crippen molar-refractivity contribution in [3.8, 4) is 11.5 Å². The zero-order valence-electron chi connectivity index (χ0n) is 18.8. The van der Waals surface area contributed by atoms with Crippen LogP contribution >= 0.6 is 0 Å². The maximum atomic E-state index is 12.9. The molecule has 1 aliphatic carbocycles. The van der Waals surface area contributed by atoms with E-state index in [1.54, 1.807) is 18.2 Å². The van der Waals surface area contributed by atoms with Gasteiger partial charge < -0.3 is 9.47 Å². The van der Waals surface area contributed by atoms with Crippen molar-refractivity contribution in [2.24, 2.45) is 5.92 Å². The van der Waals surface area contributed by atoms with Crippen molar-refractivity contribution in [3.05, 3.63) is 64.4 Å². The average molecular weight is 419 g/mol. The van der Waals surface area contributed by atoms with Gasteiger partial charge >= 0.3 is 5.97 Å². The van der Waals surface area contributed by atoms with Gasteiger partial charge in [-0.25, -0.2) is 0 Å². The molecular weight excluding hydrogens is 388 g/mol. The molecule has 4 nitrogen and oxygen atoms in total. The summed E-state index contributed by atoms with van der Waals surface area (Å²) in [5.41, 5.74) is 3.50. The summed E-state index contributed by atoms with van der Waals surface area (Å²) in [6.07, 6.45) is 6.88. The first-order valence-corrected chi connectivity index (χ1v) is 11.1. The molecular formula is C27H30O4. The lowest BCUT2D eigenvalue weighted by Crippen LogP contribution is -2.22. The highest BCUT2D eigenvalue weighted by Crippen LogP contribution is 2.38. The Hall–Kier alpha value is -2.88. The van der Waals surface area contributed by atoms with E-state index in [1.807, 2.05) is 19.1 Å². The molecule has 4 rings (SSSR count). The van der Waals surface area contributed by atoms with E-state index in [-0.39, 0.29) is 28.8 Å². The highest BCUT2D eigenvalue weighted by Gasteiger charge is 2.31. The van der Waals surface area contributed by atoms with Crippen LogP contribution in [0.3, 0.4) is 0 Å². The monoisotopic (exact) mass is 418 g/mol. The van der Waals surface area contributed by atoms with Gasteiger partial charge in [0, 0.05) is 6.07 Å². The van der Waals surface area contributed by atoms with E-state index < -0.39 is 0 Å². The van der Waals surface area contributed by atoms with Crippen LogP contribution < -0.4 is 9.47 Å². The standard InChI is InChI=1S/C27H30O4/c1-17-14-21(30-26(29)19-8-6-5-7-9-19)16-22-24(17)25(28)23(31-22)15-18-10-12-20(13-11-18)27(2,3)4/h10-16,19H,5-9H2,1-4H3/b23-15-. The van der Waals surface area contributed by atoms with E-state index in [1.165, 1.54) is 12.0 Å². The lowest BCUT2D eigenvalue weighted by molar-refractivity contribution is -0.139. The fraction of sp³-hybridized carbons (Fsp3) is 0.407. The molecule has 2 aromatic carbocycles. The van der Waals surface area contributed by atoms with Crippen LogP contribution in [0.25, 0.3) is 6.08 Å². The van der Waals surface area contributed by atoms with Crippen molar-refractivity contribution in [2.75, 3.05) is 0 Å². The van der Waals surface area contributed by atoms with Crippen LogP contribution in [-0.4, -0.2) is 11.8 Å². The SMILES string of the molecule is Cc1cc(OC(=O)C2CCCCC2)cc2c1C(=O)/C(=C/c1ccc(C(C)(C)C)cc1)O2. The minimum Gasteiger partial charge on any atom is -0.452 e. The van der Waals surface area contributed by atoms with Crippen molar-refractivity contribution in [1.29, 1.82) is 0 Å². The Labute approximate surface area is 184 Å². The number of rotatable bonds is 3. The molecule has 0 spiro atoms. The van der Waals surface area contributed by atoms with Gasteiger partial charge in [0.25, 0.3) is 0 Å². The van der Waals surface area contributed by atoms with Crippen molar-refractivity contribution in [3.63, 3.8) is 0 Å². The Morgan fingerprint density at radius 2 is 1.74 bits per heavy atom. The number of esters is 1. The Bertz CT molecular complexity index is 1030. The number of ketones is 1. The summed E-state index contributed by atoms with van der Waals surface area (Å²) in [6, 6.07) is 11.6. The van der Waals surface area contributed by atoms with Crippen molar-refractivity contribution in [2.45, 2.75) is 65.2 Å². The number of Topliss-reactive ketones (excluding diaryl/α,β-unsaturated/α-hetero) is 1. The minimum atomic E-state index is -0.182. The maximum absolute atomic E-state index is 12.9. The maximum Gasteiger partial charge on any atom is 0.314 e. The van der Waals surface area contributed by atoms with Crippen molar-refractivity contribution < 1.29 is 19.1 Å². The molecule has 1 heterocycles. The molecule has 0 aromatic heterocycles. The average Bonchev–Trinajstić information content (AvgIpc) is 3.04. The smallest absolute Gasteiger partial charge is 0.314 e. The molecule has 2 aromatic rings. The molecule has 1 saturated carbocycles.